The van der Waals surface area contributed by atoms with Gasteiger partial charge in [0.1, 0.15) is 4.88 Å². The highest BCUT2D eigenvalue weighted by Gasteiger charge is 2.14. The SMILES string of the molecule is CCOC(=O)c1csc(C(=O)OCC)c1. The molecule has 0 aliphatic carbocycles. The van der Waals surface area contributed by atoms with E-state index in [0.717, 1.165) is 0 Å². The van der Waals surface area contributed by atoms with Gasteiger partial charge in [-0.2, -0.15) is 0 Å². The van der Waals surface area contributed by atoms with E-state index in [9.17, 15) is 9.59 Å². The van der Waals surface area contributed by atoms with Crippen LogP contribution in [0.4, 0.5) is 0 Å². The average molecular weight is 228 g/mol. The summed E-state index contributed by atoms with van der Waals surface area (Å²) in [5, 5.41) is 1.59. The van der Waals surface area contributed by atoms with Crippen molar-refractivity contribution >= 4 is 23.3 Å². The molecule has 0 saturated heterocycles. The van der Waals surface area contributed by atoms with Crippen LogP contribution in [0.1, 0.15) is 33.9 Å². The zero-order chi connectivity index (χ0) is 11.3. The van der Waals surface area contributed by atoms with E-state index in [4.69, 9.17) is 9.47 Å². The molecule has 0 saturated carbocycles. The molecule has 1 aromatic rings. The summed E-state index contributed by atoms with van der Waals surface area (Å²) in [6.45, 7) is 4.11. The van der Waals surface area contributed by atoms with Crippen LogP contribution in [0.2, 0.25) is 0 Å². The minimum absolute atomic E-state index is 0.323. The fourth-order valence-corrected chi connectivity index (χ4v) is 1.74. The van der Waals surface area contributed by atoms with Crippen LogP contribution in [0.25, 0.3) is 0 Å². The summed E-state index contributed by atoms with van der Waals surface area (Å²) >= 11 is 1.18. The summed E-state index contributed by atoms with van der Waals surface area (Å²) in [6, 6.07) is 1.49. The second-order valence-electron chi connectivity index (χ2n) is 2.64. The molecule has 0 aliphatic heterocycles. The summed E-state index contributed by atoms with van der Waals surface area (Å²) in [5.41, 5.74) is 0.393. The number of hydrogen-bond acceptors (Lipinski definition) is 5. The van der Waals surface area contributed by atoms with Gasteiger partial charge in [-0.1, -0.05) is 0 Å². The first-order chi connectivity index (χ1) is 7.19. The summed E-state index contributed by atoms with van der Waals surface area (Å²) in [5.74, 6) is -0.817. The van der Waals surface area contributed by atoms with Gasteiger partial charge in [0.05, 0.1) is 18.8 Å². The molecule has 0 radical (unpaired) electrons. The number of carbonyl (C=O) groups is 2. The topological polar surface area (TPSA) is 52.6 Å². The molecule has 0 atom stereocenters. The second kappa shape index (κ2) is 5.50. The van der Waals surface area contributed by atoms with E-state index < -0.39 is 11.9 Å². The number of hydrogen-bond donors (Lipinski definition) is 0. The molecular weight excluding hydrogens is 216 g/mol. The second-order valence-corrected chi connectivity index (χ2v) is 3.55. The highest BCUT2D eigenvalue weighted by atomic mass is 32.1. The zero-order valence-electron chi connectivity index (χ0n) is 8.61. The lowest BCUT2D eigenvalue weighted by atomic mass is 10.3. The standard InChI is InChI=1S/C10H12O4S/c1-3-13-9(11)7-5-8(15-6-7)10(12)14-4-2/h5-6H,3-4H2,1-2H3. The van der Waals surface area contributed by atoms with Gasteiger partial charge in [-0.15, -0.1) is 11.3 Å². The first kappa shape index (κ1) is 11.7. The predicted octanol–water partition coefficient (Wildman–Crippen LogP) is 2.10. The van der Waals surface area contributed by atoms with Crippen molar-refractivity contribution in [1.29, 1.82) is 0 Å². The number of esters is 2. The highest BCUT2D eigenvalue weighted by molar-refractivity contribution is 7.12. The average Bonchev–Trinajstić information content (AvgIpc) is 2.67. The van der Waals surface area contributed by atoms with E-state index in [1.54, 1.807) is 19.2 Å². The van der Waals surface area contributed by atoms with Crippen LogP contribution in [0, 0.1) is 0 Å². The third kappa shape index (κ3) is 3.06. The van der Waals surface area contributed by atoms with Gasteiger partial charge in [0.25, 0.3) is 0 Å². The molecule has 1 aromatic heterocycles. The molecule has 0 aromatic carbocycles. The molecule has 15 heavy (non-hydrogen) atoms. The summed E-state index contributed by atoms with van der Waals surface area (Å²) < 4.78 is 9.60. The lowest BCUT2D eigenvalue weighted by Gasteiger charge is -1.97. The van der Waals surface area contributed by atoms with Crippen LogP contribution in [-0.2, 0) is 9.47 Å². The molecule has 0 amide bonds. The van der Waals surface area contributed by atoms with E-state index in [-0.39, 0.29) is 0 Å². The number of ether oxygens (including phenoxy) is 2. The van der Waals surface area contributed by atoms with Crippen molar-refractivity contribution in [3.63, 3.8) is 0 Å². The fourth-order valence-electron chi connectivity index (χ4n) is 0.967. The molecule has 4 nitrogen and oxygen atoms in total. The van der Waals surface area contributed by atoms with Gasteiger partial charge in [-0.25, -0.2) is 9.59 Å². The number of thiophene rings is 1. The minimum Gasteiger partial charge on any atom is -0.462 e. The molecule has 1 heterocycles. The Morgan fingerprint density at radius 1 is 1.20 bits per heavy atom. The molecule has 82 valence electrons. The molecule has 0 unspecified atom stereocenters. The van der Waals surface area contributed by atoms with Crippen LogP contribution in [-0.4, -0.2) is 25.2 Å². The Hall–Kier alpha value is -1.36. The van der Waals surface area contributed by atoms with Crippen LogP contribution in [0.3, 0.4) is 0 Å². The predicted molar refractivity (Wildman–Crippen MR) is 56.2 cm³/mol. The van der Waals surface area contributed by atoms with E-state index in [1.807, 2.05) is 0 Å². The summed E-state index contributed by atoms with van der Waals surface area (Å²) in [7, 11) is 0. The lowest BCUT2D eigenvalue weighted by Crippen LogP contribution is -2.04. The van der Waals surface area contributed by atoms with Gasteiger partial charge in [-0.3, -0.25) is 0 Å². The minimum atomic E-state index is -0.413. The van der Waals surface area contributed by atoms with Crippen molar-refractivity contribution in [2.45, 2.75) is 13.8 Å². The largest absolute Gasteiger partial charge is 0.462 e. The van der Waals surface area contributed by atoms with E-state index >= 15 is 0 Å². The molecule has 1 rings (SSSR count). The van der Waals surface area contributed by atoms with Gasteiger partial charge in [0.2, 0.25) is 0 Å². The molecule has 0 N–H and O–H groups in total. The zero-order valence-corrected chi connectivity index (χ0v) is 9.43. The van der Waals surface area contributed by atoms with E-state index in [2.05, 4.69) is 0 Å². The monoisotopic (exact) mass is 228 g/mol. The first-order valence-electron chi connectivity index (χ1n) is 4.61. The maximum Gasteiger partial charge on any atom is 0.348 e. The molecule has 0 bridgehead atoms. The van der Waals surface area contributed by atoms with Gasteiger partial charge in [0, 0.05) is 5.38 Å². The van der Waals surface area contributed by atoms with Crippen LogP contribution >= 0.6 is 11.3 Å². The fraction of sp³-hybridized carbons (Fsp3) is 0.400. The Morgan fingerprint density at radius 2 is 1.80 bits per heavy atom. The first-order valence-corrected chi connectivity index (χ1v) is 5.49. The Bertz CT molecular complexity index is 324. The van der Waals surface area contributed by atoms with Gasteiger partial charge in [0.15, 0.2) is 0 Å². The molecule has 0 aliphatic rings. The van der Waals surface area contributed by atoms with E-state index in [0.29, 0.717) is 23.7 Å². The van der Waals surface area contributed by atoms with Crippen molar-refractivity contribution in [2.75, 3.05) is 13.2 Å². The van der Waals surface area contributed by atoms with Crippen molar-refractivity contribution in [2.24, 2.45) is 0 Å². The van der Waals surface area contributed by atoms with Gasteiger partial charge >= 0.3 is 11.9 Å². The van der Waals surface area contributed by atoms with Crippen LogP contribution < -0.4 is 0 Å². The maximum atomic E-state index is 11.3. The maximum absolute atomic E-state index is 11.3. The molecule has 5 heteroatoms. The Kier molecular flexibility index (Phi) is 4.30. The van der Waals surface area contributed by atoms with Crippen molar-refractivity contribution in [3.8, 4) is 0 Å². The summed E-state index contributed by atoms with van der Waals surface area (Å²) in [6.07, 6.45) is 0. The molecule has 0 fully saturated rings. The quantitative estimate of drug-likeness (QED) is 0.740. The summed E-state index contributed by atoms with van der Waals surface area (Å²) in [4.78, 5) is 23.0. The van der Waals surface area contributed by atoms with Crippen LogP contribution in [0.5, 0.6) is 0 Å². The van der Waals surface area contributed by atoms with Gasteiger partial charge in [-0.05, 0) is 19.9 Å². The highest BCUT2D eigenvalue weighted by Crippen LogP contribution is 2.16. The molecule has 0 spiro atoms. The Morgan fingerprint density at radius 3 is 2.40 bits per heavy atom. The lowest BCUT2D eigenvalue weighted by molar-refractivity contribution is 0.0526. The third-order valence-electron chi connectivity index (χ3n) is 1.59. The normalized spacial score (nSPS) is 9.73. The van der Waals surface area contributed by atoms with Crippen molar-refractivity contribution in [1.82, 2.24) is 0 Å². The Labute approximate surface area is 91.8 Å². The van der Waals surface area contributed by atoms with Crippen molar-refractivity contribution in [3.05, 3.63) is 21.9 Å². The van der Waals surface area contributed by atoms with E-state index in [1.165, 1.54) is 17.4 Å². The van der Waals surface area contributed by atoms with Crippen molar-refractivity contribution < 1.29 is 19.1 Å². The Balaban J connectivity index is 2.71. The third-order valence-corrected chi connectivity index (χ3v) is 2.50. The number of carbonyl (C=O) groups excluding carboxylic acids is 2. The van der Waals surface area contributed by atoms with Gasteiger partial charge < -0.3 is 9.47 Å². The molecular formula is C10H12O4S. The van der Waals surface area contributed by atoms with Crippen LogP contribution in [0.15, 0.2) is 11.4 Å². The smallest absolute Gasteiger partial charge is 0.348 e. The number of rotatable bonds is 4.